The zero-order chi connectivity index (χ0) is 22.3. The Morgan fingerprint density at radius 2 is 1.94 bits per heavy atom. The number of aromatic nitrogens is 1. The molecule has 0 saturated carbocycles. The van der Waals surface area contributed by atoms with Gasteiger partial charge in [0, 0.05) is 30.1 Å². The molecule has 0 unspecified atom stereocenters. The van der Waals surface area contributed by atoms with E-state index in [1.165, 1.54) is 18.2 Å². The van der Waals surface area contributed by atoms with Crippen molar-refractivity contribution < 1.29 is 17.5 Å². The number of ether oxygens (including phenoxy) is 1. The van der Waals surface area contributed by atoms with Crippen molar-refractivity contribution in [3.8, 4) is 5.75 Å². The molecule has 1 aromatic carbocycles. The molecule has 10 heteroatoms. The van der Waals surface area contributed by atoms with Gasteiger partial charge in [0.05, 0.1) is 31.6 Å². The van der Waals surface area contributed by atoms with Gasteiger partial charge in [0.25, 0.3) is 0 Å². The molecule has 0 saturated heterocycles. The third kappa shape index (κ3) is 8.24. The van der Waals surface area contributed by atoms with Crippen LogP contribution in [0.3, 0.4) is 0 Å². The highest BCUT2D eigenvalue weighted by molar-refractivity contribution is 14.0. The van der Waals surface area contributed by atoms with Gasteiger partial charge in [-0.05, 0) is 44.0 Å². The molecule has 172 valence electrons. The number of methoxy groups -OCH3 is 1. The van der Waals surface area contributed by atoms with Crippen LogP contribution >= 0.6 is 24.0 Å². The maximum Gasteiger partial charge on any atom is 0.191 e. The normalized spacial score (nSPS) is 11.6. The third-order valence-electron chi connectivity index (χ3n) is 4.51. The number of benzene rings is 1. The zero-order valence-corrected chi connectivity index (χ0v) is 21.6. The van der Waals surface area contributed by atoms with E-state index in [1.54, 1.807) is 13.3 Å². The predicted molar refractivity (Wildman–Crippen MR) is 132 cm³/mol. The van der Waals surface area contributed by atoms with Crippen LogP contribution in [0.2, 0.25) is 0 Å². The van der Waals surface area contributed by atoms with Crippen molar-refractivity contribution in [1.29, 1.82) is 0 Å². The Morgan fingerprint density at radius 3 is 2.55 bits per heavy atom. The molecule has 0 aliphatic carbocycles. The van der Waals surface area contributed by atoms with E-state index in [4.69, 9.17) is 4.74 Å². The second-order valence-corrected chi connectivity index (χ2v) is 9.22. The summed E-state index contributed by atoms with van der Waals surface area (Å²) in [4.78, 5) is 8.96. The lowest BCUT2D eigenvalue weighted by Gasteiger charge is -2.15. The van der Waals surface area contributed by atoms with Crippen LogP contribution < -0.4 is 15.4 Å². The van der Waals surface area contributed by atoms with Gasteiger partial charge in [0.1, 0.15) is 11.6 Å². The van der Waals surface area contributed by atoms with E-state index in [1.807, 2.05) is 20.8 Å². The van der Waals surface area contributed by atoms with Gasteiger partial charge in [-0.2, -0.15) is 0 Å². The molecule has 0 atom stereocenters. The summed E-state index contributed by atoms with van der Waals surface area (Å²) in [7, 11) is -1.61. The van der Waals surface area contributed by atoms with E-state index in [-0.39, 0.29) is 36.3 Å². The lowest BCUT2D eigenvalue weighted by Crippen LogP contribution is -2.37. The zero-order valence-electron chi connectivity index (χ0n) is 18.5. The summed E-state index contributed by atoms with van der Waals surface area (Å²) >= 11 is 0. The molecule has 2 rings (SSSR count). The number of pyridine rings is 1. The highest BCUT2D eigenvalue weighted by Gasteiger charge is 2.12. The van der Waals surface area contributed by atoms with Crippen molar-refractivity contribution in [2.45, 2.75) is 39.6 Å². The van der Waals surface area contributed by atoms with Crippen molar-refractivity contribution in [3.05, 3.63) is 58.2 Å². The number of halogens is 2. The first-order valence-electron chi connectivity index (χ1n) is 9.60. The third-order valence-corrected chi connectivity index (χ3v) is 5.35. The minimum atomic E-state index is -3.24. The van der Waals surface area contributed by atoms with Crippen LogP contribution in [0, 0.1) is 19.7 Å². The Hall–Kier alpha value is -1.95. The van der Waals surface area contributed by atoms with Crippen molar-refractivity contribution in [2.24, 2.45) is 4.99 Å². The Labute approximate surface area is 200 Å². The number of aliphatic imine (C=N–C) groups is 1. The van der Waals surface area contributed by atoms with E-state index < -0.39 is 15.7 Å². The number of nitrogens with zero attached hydrogens (tertiary/aromatic N) is 2. The van der Waals surface area contributed by atoms with Gasteiger partial charge in [0.15, 0.2) is 15.8 Å². The summed E-state index contributed by atoms with van der Waals surface area (Å²) in [5.74, 6) is 0.734. The first-order chi connectivity index (χ1) is 14.1. The Balaban J connectivity index is 0.00000480. The van der Waals surface area contributed by atoms with E-state index in [0.717, 1.165) is 28.8 Å². The van der Waals surface area contributed by atoms with E-state index in [2.05, 4.69) is 20.6 Å². The standard InChI is InChI=1S/C21H29FN4O3S.HI/c1-6-23-21(26-12-19-15(3)20(29-4)14(2)10-24-19)25-11-17-9-18(22)8-7-16(17)13-30(5,27)28;/h7-10H,6,11-13H2,1-5H3,(H2,23,25,26);1H. The second-order valence-electron chi connectivity index (χ2n) is 7.08. The predicted octanol–water partition coefficient (Wildman–Crippen LogP) is 3.26. The molecule has 2 aromatic rings. The fourth-order valence-electron chi connectivity index (χ4n) is 3.09. The van der Waals surface area contributed by atoms with Gasteiger partial charge >= 0.3 is 0 Å². The summed E-state index contributed by atoms with van der Waals surface area (Å²) in [6, 6.07) is 4.08. The largest absolute Gasteiger partial charge is 0.496 e. The maximum atomic E-state index is 13.7. The minimum Gasteiger partial charge on any atom is -0.496 e. The van der Waals surface area contributed by atoms with Gasteiger partial charge in [-0.25, -0.2) is 17.8 Å². The van der Waals surface area contributed by atoms with E-state index in [0.29, 0.717) is 30.2 Å². The number of hydrogen-bond donors (Lipinski definition) is 2. The SMILES string of the molecule is CCNC(=NCc1cc(F)ccc1CS(C)(=O)=O)NCc1ncc(C)c(OC)c1C.I. The molecule has 0 amide bonds. The number of hydrogen-bond acceptors (Lipinski definition) is 5. The van der Waals surface area contributed by atoms with E-state index in [9.17, 15) is 12.8 Å². The minimum absolute atomic E-state index is 0. The topological polar surface area (TPSA) is 92.7 Å². The number of nitrogens with one attached hydrogen (secondary N) is 2. The number of rotatable bonds is 8. The van der Waals surface area contributed by atoms with E-state index >= 15 is 0 Å². The van der Waals surface area contributed by atoms with Gasteiger partial charge in [0.2, 0.25) is 0 Å². The van der Waals surface area contributed by atoms with Gasteiger partial charge in [-0.15, -0.1) is 24.0 Å². The van der Waals surface area contributed by atoms with Crippen LogP contribution in [0.25, 0.3) is 0 Å². The van der Waals surface area contributed by atoms with Crippen LogP contribution in [0.5, 0.6) is 5.75 Å². The number of sulfone groups is 1. The Bertz CT molecular complexity index is 1030. The molecular formula is C21H30FIN4O3S. The lowest BCUT2D eigenvalue weighted by atomic mass is 10.1. The van der Waals surface area contributed by atoms with Crippen molar-refractivity contribution >= 4 is 39.8 Å². The van der Waals surface area contributed by atoms with Crippen molar-refractivity contribution in [3.63, 3.8) is 0 Å². The number of aryl methyl sites for hydroxylation is 1. The Morgan fingerprint density at radius 1 is 1.23 bits per heavy atom. The van der Waals surface area contributed by atoms with Crippen LogP contribution in [0.4, 0.5) is 4.39 Å². The first-order valence-corrected chi connectivity index (χ1v) is 11.7. The molecule has 1 heterocycles. The molecule has 0 aliphatic heterocycles. The smallest absolute Gasteiger partial charge is 0.191 e. The summed E-state index contributed by atoms with van der Waals surface area (Å²) in [5.41, 5.74) is 3.81. The molecule has 0 spiro atoms. The van der Waals surface area contributed by atoms with Gasteiger partial charge in [-0.1, -0.05) is 6.07 Å². The average Bonchev–Trinajstić information content (AvgIpc) is 2.66. The quantitative estimate of drug-likeness (QED) is 0.291. The fraction of sp³-hybridized carbons (Fsp3) is 0.429. The van der Waals surface area contributed by atoms with Crippen molar-refractivity contribution in [1.82, 2.24) is 15.6 Å². The van der Waals surface area contributed by atoms with Crippen molar-refractivity contribution in [2.75, 3.05) is 19.9 Å². The summed E-state index contributed by atoms with van der Waals surface area (Å²) in [5, 5.41) is 6.34. The maximum absolute atomic E-state index is 13.7. The molecule has 1 aromatic heterocycles. The lowest BCUT2D eigenvalue weighted by molar-refractivity contribution is 0.406. The highest BCUT2D eigenvalue weighted by Crippen LogP contribution is 2.23. The Kier molecular flexibility index (Phi) is 10.6. The van der Waals surface area contributed by atoms with Gasteiger partial charge < -0.3 is 15.4 Å². The first kappa shape index (κ1) is 27.1. The molecule has 0 fully saturated rings. The highest BCUT2D eigenvalue weighted by atomic mass is 127. The number of guanidine groups is 1. The molecule has 2 N–H and O–H groups in total. The van der Waals surface area contributed by atoms with Crippen LogP contribution in [-0.4, -0.2) is 39.3 Å². The van der Waals surface area contributed by atoms with Gasteiger partial charge in [-0.3, -0.25) is 4.98 Å². The summed E-state index contributed by atoms with van der Waals surface area (Å²) in [6.07, 6.45) is 2.91. The molecule has 0 bridgehead atoms. The van der Waals surface area contributed by atoms with Crippen LogP contribution in [0.15, 0.2) is 29.4 Å². The monoisotopic (exact) mass is 564 g/mol. The summed E-state index contributed by atoms with van der Waals surface area (Å²) in [6.45, 7) is 7.02. The molecule has 31 heavy (non-hydrogen) atoms. The second kappa shape index (κ2) is 12.2. The van der Waals surface area contributed by atoms with Crippen LogP contribution in [-0.2, 0) is 28.7 Å². The molecule has 0 radical (unpaired) electrons. The fourth-order valence-corrected chi connectivity index (χ4v) is 3.93. The molecule has 7 nitrogen and oxygen atoms in total. The summed E-state index contributed by atoms with van der Waals surface area (Å²) < 4.78 is 42.5. The average molecular weight is 564 g/mol. The molecular weight excluding hydrogens is 534 g/mol. The molecule has 0 aliphatic rings. The van der Waals surface area contributed by atoms with Crippen LogP contribution in [0.1, 0.15) is 34.9 Å².